The molecular formula is C14H11FN2S. The quantitative estimate of drug-likeness (QED) is 0.651. The maximum atomic E-state index is 13.0. The molecule has 4 heteroatoms. The first-order chi connectivity index (χ1) is 8.66. The lowest BCUT2D eigenvalue weighted by Gasteiger charge is -2.06. The normalized spacial score (nSPS) is 11.0. The van der Waals surface area contributed by atoms with Crippen LogP contribution in [0.5, 0.6) is 0 Å². The lowest BCUT2D eigenvalue weighted by atomic mass is 10.2. The molecule has 90 valence electrons. The van der Waals surface area contributed by atoms with Crippen molar-refractivity contribution in [3.63, 3.8) is 0 Å². The first-order valence-corrected chi connectivity index (χ1v) is 6.04. The van der Waals surface area contributed by atoms with Crippen molar-refractivity contribution in [1.29, 1.82) is 0 Å². The second-order valence-electron chi connectivity index (χ2n) is 4.21. The molecule has 3 aromatic rings. The number of aromatic nitrogens is 2. The zero-order chi connectivity index (χ0) is 12.7. The number of para-hydroxylation sites is 1. The van der Waals surface area contributed by atoms with E-state index >= 15 is 0 Å². The molecule has 0 saturated carbocycles. The zero-order valence-electron chi connectivity index (χ0n) is 9.77. The molecule has 0 saturated heterocycles. The number of nitrogens with one attached hydrogen (secondary N) is 1. The van der Waals surface area contributed by atoms with Gasteiger partial charge in [-0.2, -0.15) is 0 Å². The van der Waals surface area contributed by atoms with Gasteiger partial charge in [0.2, 0.25) is 0 Å². The minimum absolute atomic E-state index is 0.248. The van der Waals surface area contributed by atoms with Crippen molar-refractivity contribution in [3.8, 4) is 5.69 Å². The van der Waals surface area contributed by atoms with Crippen LogP contribution in [-0.2, 0) is 0 Å². The lowest BCUT2D eigenvalue weighted by Crippen LogP contribution is -1.95. The highest BCUT2D eigenvalue weighted by Gasteiger charge is 2.08. The standard InChI is InChI=1S/C14H11FN2S/c1-9-3-2-4-12-13(9)17(14(18)16-12)11-7-5-10(15)6-8-11/h2-8H,1H3,(H,16,18). The van der Waals surface area contributed by atoms with Gasteiger partial charge < -0.3 is 4.98 Å². The molecule has 0 aliphatic carbocycles. The van der Waals surface area contributed by atoms with Crippen LogP contribution in [0.1, 0.15) is 5.56 Å². The number of hydrogen-bond acceptors (Lipinski definition) is 1. The number of benzene rings is 2. The SMILES string of the molecule is Cc1cccc2[nH]c(=S)n(-c3ccc(F)cc3)c12. The van der Waals surface area contributed by atoms with Crippen molar-refractivity contribution in [3.05, 3.63) is 58.6 Å². The molecule has 0 fully saturated rings. The number of rotatable bonds is 1. The minimum Gasteiger partial charge on any atom is -0.330 e. The maximum Gasteiger partial charge on any atom is 0.182 e. The topological polar surface area (TPSA) is 20.7 Å². The van der Waals surface area contributed by atoms with Crippen molar-refractivity contribution in [1.82, 2.24) is 9.55 Å². The monoisotopic (exact) mass is 258 g/mol. The summed E-state index contributed by atoms with van der Waals surface area (Å²) in [5.74, 6) is -0.248. The van der Waals surface area contributed by atoms with Gasteiger partial charge in [0.05, 0.1) is 11.0 Å². The van der Waals surface area contributed by atoms with Gasteiger partial charge >= 0.3 is 0 Å². The van der Waals surface area contributed by atoms with Gasteiger partial charge in [-0.25, -0.2) is 4.39 Å². The van der Waals surface area contributed by atoms with Crippen LogP contribution in [0.25, 0.3) is 16.7 Å². The predicted molar refractivity (Wildman–Crippen MR) is 73.2 cm³/mol. The van der Waals surface area contributed by atoms with Crippen LogP contribution >= 0.6 is 12.2 Å². The molecule has 0 radical (unpaired) electrons. The molecule has 0 atom stereocenters. The summed E-state index contributed by atoms with van der Waals surface area (Å²) in [6.45, 7) is 2.03. The summed E-state index contributed by atoms with van der Waals surface area (Å²) in [6, 6.07) is 12.3. The zero-order valence-corrected chi connectivity index (χ0v) is 10.6. The molecule has 0 unspecified atom stereocenters. The molecule has 0 amide bonds. The third kappa shape index (κ3) is 1.66. The van der Waals surface area contributed by atoms with E-state index in [1.807, 2.05) is 29.7 Å². The number of nitrogens with zero attached hydrogens (tertiary/aromatic N) is 1. The van der Waals surface area contributed by atoms with Gasteiger partial charge in [-0.1, -0.05) is 12.1 Å². The molecule has 1 heterocycles. The number of hydrogen-bond donors (Lipinski definition) is 1. The second-order valence-corrected chi connectivity index (χ2v) is 4.60. The second kappa shape index (κ2) is 4.07. The van der Waals surface area contributed by atoms with Crippen LogP contribution in [0.15, 0.2) is 42.5 Å². The van der Waals surface area contributed by atoms with Crippen LogP contribution in [0.3, 0.4) is 0 Å². The fraction of sp³-hybridized carbons (Fsp3) is 0.0714. The summed E-state index contributed by atoms with van der Waals surface area (Å²) in [7, 11) is 0. The van der Waals surface area contributed by atoms with E-state index in [1.54, 1.807) is 12.1 Å². The van der Waals surface area contributed by atoms with E-state index in [9.17, 15) is 4.39 Å². The number of aromatic amines is 1. The molecule has 18 heavy (non-hydrogen) atoms. The molecule has 2 nitrogen and oxygen atoms in total. The average Bonchev–Trinajstić information content (AvgIpc) is 2.68. The van der Waals surface area contributed by atoms with Crippen molar-refractivity contribution < 1.29 is 4.39 Å². The van der Waals surface area contributed by atoms with E-state index in [-0.39, 0.29) is 5.82 Å². The van der Waals surface area contributed by atoms with Crippen LogP contribution in [0.2, 0.25) is 0 Å². The Kier molecular flexibility index (Phi) is 2.52. The van der Waals surface area contributed by atoms with Crippen LogP contribution in [-0.4, -0.2) is 9.55 Å². The van der Waals surface area contributed by atoms with E-state index in [0.717, 1.165) is 22.3 Å². The van der Waals surface area contributed by atoms with Gasteiger partial charge in [0.1, 0.15) is 5.82 Å². The van der Waals surface area contributed by atoms with E-state index in [2.05, 4.69) is 4.98 Å². The number of H-pyrrole nitrogens is 1. The van der Waals surface area contributed by atoms with E-state index < -0.39 is 0 Å². The van der Waals surface area contributed by atoms with Gasteiger partial charge in [-0.3, -0.25) is 4.57 Å². The summed E-state index contributed by atoms with van der Waals surface area (Å²) < 4.78 is 15.5. The molecule has 1 aromatic heterocycles. The van der Waals surface area contributed by atoms with Crippen LogP contribution < -0.4 is 0 Å². The Morgan fingerprint density at radius 3 is 2.56 bits per heavy atom. The Bertz CT molecular complexity index is 769. The summed E-state index contributed by atoms with van der Waals surface area (Å²) in [5, 5.41) is 0. The number of aryl methyl sites for hydroxylation is 1. The molecule has 0 spiro atoms. The average molecular weight is 258 g/mol. The minimum atomic E-state index is -0.248. The van der Waals surface area contributed by atoms with Gasteiger partial charge in [0, 0.05) is 5.69 Å². The summed E-state index contributed by atoms with van der Waals surface area (Å²) in [6.07, 6.45) is 0. The molecule has 1 N–H and O–H groups in total. The molecular weight excluding hydrogens is 247 g/mol. The van der Waals surface area contributed by atoms with Gasteiger partial charge in [-0.05, 0) is 55.0 Å². The highest BCUT2D eigenvalue weighted by Crippen LogP contribution is 2.22. The van der Waals surface area contributed by atoms with Crippen LogP contribution in [0, 0.1) is 17.5 Å². The molecule has 0 aliphatic heterocycles. The Balaban J connectivity index is 2.38. The summed E-state index contributed by atoms with van der Waals surface area (Å²) in [5.41, 5.74) is 4.02. The largest absolute Gasteiger partial charge is 0.330 e. The van der Waals surface area contributed by atoms with E-state index in [4.69, 9.17) is 12.2 Å². The van der Waals surface area contributed by atoms with Crippen molar-refractivity contribution in [2.24, 2.45) is 0 Å². The van der Waals surface area contributed by atoms with Crippen molar-refractivity contribution in [2.45, 2.75) is 6.92 Å². The highest BCUT2D eigenvalue weighted by molar-refractivity contribution is 7.71. The Morgan fingerprint density at radius 2 is 1.83 bits per heavy atom. The predicted octanol–water partition coefficient (Wildman–Crippen LogP) is 4.14. The molecule has 2 aromatic carbocycles. The lowest BCUT2D eigenvalue weighted by molar-refractivity contribution is 0.627. The fourth-order valence-corrected chi connectivity index (χ4v) is 2.47. The van der Waals surface area contributed by atoms with Gasteiger partial charge in [-0.15, -0.1) is 0 Å². The molecule has 0 bridgehead atoms. The van der Waals surface area contributed by atoms with Gasteiger partial charge in [0.15, 0.2) is 4.77 Å². The van der Waals surface area contributed by atoms with Crippen LogP contribution in [0.4, 0.5) is 4.39 Å². The summed E-state index contributed by atoms with van der Waals surface area (Å²) in [4.78, 5) is 3.17. The summed E-state index contributed by atoms with van der Waals surface area (Å²) >= 11 is 5.34. The number of fused-ring (bicyclic) bond motifs is 1. The first kappa shape index (κ1) is 11.2. The van der Waals surface area contributed by atoms with E-state index in [0.29, 0.717) is 4.77 Å². The smallest absolute Gasteiger partial charge is 0.182 e. The number of halogens is 1. The first-order valence-electron chi connectivity index (χ1n) is 5.63. The van der Waals surface area contributed by atoms with Crippen molar-refractivity contribution in [2.75, 3.05) is 0 Å². The number of imidazole rings is 1. The van der Waals surface area contributed by atoms with E-state index in [1.165, 1.54) is 12.1 Å². The van der Waals surface area contributed by atoms with Crippen molar-refractivity contribution >= 4 is 23.3 Å². The van der Waals surface area contributed by atoms with Gasteiger partial charge in [0.25, 0.3) is 0 Å². The Hall–Kier alpha value is -1.94. The highest BCUT2D eigenvalue weighted by atomic mass is 32.1. The molecule has 3 rings (SSSR count). The fourth-order valence-electron chi connectivity index (χ4n) is 2.17. The third-order valence-electron chi connectivity index (χ3n) is 2.99. The third-order valence-corrected chi connectivity index (χ3v) is 3.28. The molecule has 0 aliphatic rings. The Morgan fingerprint density at radius 1 is 1.11 bits per heavy atom. The Labute approximate surface area is 109 Å². The maximum absolute atomic E-state index is 13.0.